The smallest absolute Gasteiger partial charge is 0.407 e. The van der Waals surface area contributed by atoms with Gasteiger partial charge in [-0.3, -0.25) is 4.84 Å². The highest BCUT2D eigenvalue weighted by atomic mass is 16.7. The lowest BCUT2D eigenvalue weighted by Gasteiger charge is -2.33. The molecule has 2 N–H and O–H groups in total. The lowest BCUT2D eigenvalue weighted by Crippen LogP contribution is -2.45. The molecule has 5 heteroatoms. The van der Waals surface area contributed by atoms with Gasteiger partial charge in [0.25, 0.3) is 0 Å². The van der Waals surface area contributed by atoms with Crippen molar-refractivity contribution < 1.29 is 14.4 Å². The van der Waals surface area contributed by atoms with Gasteiger partial charge < -0.3 is 10.1 Å². The Morgan fingerprint density at radius 3 is 2.36 bits per heavy atom. The Morgan fingerprint density at radius 1 is 1.05 bits per heavy atom. The average Bonchev–Trinajstić information content (AvgIpc) is 2.95. The molecule has 1 amide bonds. The minimum absolute atomic E-state index is 0.325. The van der Waals surface area contributed by atoms with Crippen molar-refractivity contribution in [2.45, 2.75) is 89.9 Å². The molecule has 0 radical (unpaired) electrons. The summed E-state index contributed by atoms with van der Waals surface area (Å²) in [5.41, 5.74) is 2.85. The predicted molar refractivity (Wildman–Crippen MR) is 86.5 cm³/mol. The zero-order valence-electron chi connectivity index (χ0n) is 14.3. The monoisotopic (exact) mass is 312 g/mol. The van der Waals surface area contributed by atoms with Crippen molar-refractivity contribution >= 4 is 6.09 Å². The molecule has 2 rings (SSSR count). The summed E-state index contributed by atoms with van der Waals surface area (Å²) in [5, 5.41) is 2.91. The first-order chi connectivity index (χ1) is 10.4. The van der Waals surface area contributed by atoms with Gasteiger partial charge in [-0.2, -0.15) is 5.48 Å². The van der Waals surface area contributed by atoms with Crippen molar-refractivity contribution in [3.05, 3.63) is 0 Å². The van der Waals surface area contributed by atoms with Crippen LogP contribution < -0.4 is 10.8 Å². The van der Waals surface area contributed by atoms with E-state index in [4.69, 9.17) is 9.57 Å². The topological polar surface area (TPSA) is 59.6 Å². The fourth-order valence-corrected chi connectivity index (χ4v) is 3.33. The van der Waals surface area contributed by atoms with Crippen LogP contribution in [0.1, 0.15) is 72.1 Å². The number of rotatable bonds is 5. The van der Waals surface area contributed by atoms with Crippen LogP contribution in [0.5, 0.6) is 0 Å². The second-order valence-electron chi connectivity index (χ2n) is 7.68. The minimum Gasteiger partial charge on any atom is -0.444 e. The van der Waals surface area contributed by atoms with Crippen molar-refractivity contribution in [1.29, 1.82) is 0 Å². The molecule has 5 nitrogen and oxygen atoms in total. The van der Waals surface area contributed by atoms with Gasteiger partial charge in [0.15, 0.2) is 0 Å². The Balaban J connectivity index is 1.72. The number of carbonyl (C=O) groups excluding carboxylic acids is 1. The molecular weight excluding hydrogens is 280 g/mol. The van der Waals surface area contributed by atoms with Gasteiger partial charge in [0.2, 0.25) is 0 Å². The summed E-state index contributed by atoms with van der Waals surface area (Å²) < 4.78 is 5.30. The number of nitrogens with one attached hydrogen (secondary N) is 2. The summed E-state index contributed by atoms with van der Waals surface area (Å²) in [7, 11) is 0. The van der Waals surface area contributed by atoms with E-state index >= 15 is 0 Å². The molecule has 0 aliphatic heterocycles. The third-order valence-electron chi connectivity index (χ3n) is 4.50. The molecule has 2 unspecified atom stereocenters. The van der Waals surface area contributed by atoms with Crippen LogP contribution in [0.15, 0.2) is 0 Å². The van der Waals surface area contributed by atoms with Gasteiger partial charge in [-0.1, -0.05) is 25.7 Å². The second kappa shape index (κ2) is 8.16. The summed E-state index contributed by atoms with van der Waals surface area (Å²) in [6.45, 7) is 6.30. The van der Waals surface area contributed by atoms with Gasteiger partial charge in [0, 0.05) is 12.6 Å². The second-order valence-corrected chi connectivity index (χ2v) is 7.68. The summed E-state index contributed by atoms with van der Waals surface area (Å²) in [6.07, 6.45) is 9.64. The Labute approximate surface area is 134 Å². The third kappa shape index (κ3) is 6.13. The molecule has 0 aromatic carbocycles. The molecule has 0 spiro atoms. The Kier molecular flexibility index (Phi) is 6.50. The molecule has 0 bridgehead atoms. The SMILES string of the molecule is CC(C)(C)OC(=O)NCC1CCCCC1NOC1CCCC1. The summed E-state index contributed by atoms with van der Waals surface area (Å²) in [6, 6.07) is 0.337. The maximum absolute atomic E-state index is 11.8. The van der Waals surface area contributed by atoms with Crippen LogP contribution in [0, 0.1) is 5.92 Å². The molecule has 2 fully saturated rings. The van der Waals surface area contributed by atoms with Crippen LogP contribution in [0.4, 0.5) is 4.79 Å². The highest BCUT2D eigenvalue weighted by Gasteiger charge is 2.28. The number of carbonyl (C=O) groups is 1. The van der Waals surface area contributed by atoms with E-state index in [0.717, 1.165) is 12.8 Å². The van der Waals surface area contributed by atoms with Gasteiger partial charge >= 0.3 is 6.09 Å². The maximum Gasteiger partial charge on any atom is 0.407 e. The lowest BCUT2D eigenvalue weighted by atomic mass is 9.85. The first kappa shape index (κ1) is 17.5. The molecular formula is C17H32N2O3. The van der Waals surface area contributed by atoms with E-state index in [1.807, 2.05) is 20.8 Å². The number of ether oxygens (including phenoxy) is 1. The molecule has 22 heavy (non-hydrogen) atoms. The Bertz CT molecular complexity index is 348. The van der Waals surface area contributed by atoms with E-state index in [2.05, 4.69) is 10.8 Å². The molecule has 2 aliphatic carbocycles. The van der Waals surface area contributed by atoms with E-state index in [-0.39, 0.29) is 6.09 Å². The van der Waals surface area contributed by atoms with Crippen LogP contribution in [0.25, 0.3) is 0 Å². The van der Waals surface area contributed by atoms with E-state index in [1.165, 1.54) is 38.5 Å². The number of hydrogen-bond acceptors (Lipinski definition) is 4. The van der Waals surface area contributed by atoms with Crippen molar-refractivity contribution in [2.24, 2.45) is 5.92 Å². The molecule has 2 aliphatic rings. The van der Waals surface area contributed by atoms with Gasteiger partial charge in [-0.15, -0.1) is 0 Å². The third-order valence-corrected chi connectivity index (χ3v) is 4.50. The van der Waals surface area contributed by atoms with E-state index in [0.29, 0.717) is 24.6 Å². The Morgan fingerprint density at radius 2 is 1.68 bits per heavy atom. The van der Waals surface area contributed by atoms with Gasteiger partial charge in [0.1, 0.15) is 5.60 Å². The minimum atomic E-state index is -0.445. The summed E-state index contributed by atoms with van der Waals surface area (Å²) in [4.78, 5) is 17.7. The van der Waals surface area contributed by atoms with Crippen LogP contribution in [-0.2, 0) is 9.57 Å². The molecule has 128 valence electrons. The van der Waals surface area contributed by atoms with Crippen molar-refractivity contribution in [2.75, 3.05) is 6.54 Å². The highest BCUT2D eigenvalue weighted by Crippen LogP contribution is 2.26. The van der Waals surface area contributed by atoms with Crippen LogP contribution in [0.3, 0.4) is 0 Å². The Hall–Kier alpha value is -0.810. The zero-order chi connectivity index (χ0) is 16.0. The summed E-state index contributed by atoms with van der Waals surface area (Å²) >= 11 is 0. The molecule has 0 aromatic rings. The largest absolute Gasteiger partial charge is 0.444 e. The molecule has 0 saturated heterocycles. The number of hydroxylamine groups is 1. The highest BCUT2D eigenvalue weighted by molar-refractivity contribution is 5.67. The van der Waals surface area contributed by atoms with Gasteiger partial charge in [-0.05, 0) is 52.4 Å². The zero-order valence-corrected chi connectivity index (χ0v) is 14.3. The first-order valence-electron chi connectivity index (χ1n) is 8.82. The summed E-state index contributed by atoms with van der Waals surface area (Å²) in [5.74, 6) is 0.419. The number of hydrogen-bond donors (Lipinski definition) is 2. The standard InChI is InChI=1S/C17H32N2O3/c1-17(2,3)21-16(20)18-12-13-8-4-7-11-15(13)19-22-14-9-5-6-10-14/h13-15,19H,4-12H2,1-3H3,(H,18,20). The van der Waals surface area contributed by atoms with Gasteiger partial charge in [-0.25, -0.2) is 4.79 Å². The molecule has 2 saturated carbocycles. The van der Waals surface area contributed by atoms with Crippen molar-refractivity contribution in [3.8, 4) is 0 Å². The van der Waals surface area contributed by atoms with Crippen molar-refractivity contribution in [1.82, 2.24) is 10.8 Å². The van der Waals surface area contributed by atoms with Gasteiger partial charge in [0.05, 0.1) is 6.10 Å². The first-order valence-corrected chi connectivity index (χ1v) is 8.82. The van der Waals surface area contributed by atoms with Crippen LogP contribution in [0.2, 0.25) is 0 Å². The number of amides is 1. The fraction of sp³-hybridized carbons (Fsp3) is 0.941. The average molecular weight is 312 g/mol. The van der Waals surface area contributed by atoms with E-state index in [1.54, 1.807) is 0 Å². The molecule has 2 atom stereocenters. The van der Waals surface area contributed by atoms with Crippen LogP contribution >= 0.6 is 0 Å². The quantitative estimate of drug-likeness (QED) is 0.762. The van der Waals surface area contributed by atoms with Crippen molar-refractivity contribution in [3.63, 3.8) is 0 Å². The van der Waals surface area contributed by atoms with E-state index in [9.17, 15) is 4.79 Å². The molecule has 0 heterocycles. The fourth-order valence-electron chi connectivity index (χ4n) is 3.33. The maximum atomic E-state index is 11.8. The van der Waals surface area contributed by atoms with Crippen LogP contribution in [-0.4, -0.2) is 30.4 Å². The van der Waals surface area contributed by atoms with E-state index < -0.39 is 5.60 Å². The normalized spacial score (nSPS) is 26.9. The predicted octanol–water partition coefficient (Wildman–Crippen LogP) is 3.53. The molecule has 0 aromatic heterocycles. The number of alkyl carbamates (subject to hydrolysis) is 1. The lowest BCUT2D eigenvalue weighted by molar-refractivity contribution is -0.0572.